The summed E-state index contributed by atoms with van der Waals surface area (Å²) in [7, 11) is 1.62. The summed E-state index contributed by atoms with van der Waals surface area (Å²) < 4.78 is 4.98. The minimum atomic E-state index is -1.20. The van der Waals surface area contributed by atoms with Crippen molar-refractivity contribution in [1.29, 1.82) is 0 Å². The first-order valence-corrected chi connectivity index (χ1v) is 6.40. The lowest BCUT2D eigenvalue weighted by molar-refractivity contribution is -0.157. The molecule has 1 amide bonds. The molecular weight excluding hydrogens is 220 g/mol. The molecule has 5 nitrogen and oxygen atoms in total. The van der Waals surface area contributed by atoms with E-state index in [0.29, 0.717) is 32.2 Å². The molecule has 1 aliphatic carbocycles. The van der Waals surface area contributed by atoms with Crippen molar-refractivity contribution in [1.82, 2.24) is 10.2 Å². The summed E-state index contributed by atoms with van der Waals surface area (Å²) in [5.41, 5.74) is -1.20. The fraction of sp³-hybridized carbons (Fsp3) is 0.917. The zero-order valence-electron chi connectivity index (χ0n) is 10.4. The van der Waals surface area contributed by atoms with E-state index < -0.39 is 5.60 Å². The molecule has 0 bridgehead atoms. The first kappa shape index (κ1) is 12.8. The average Bonchev–Trinajstić information content (AvgIpc) is 3.13. The highest BCUT2D eigenvalue weighted by atomic mass is 16.5. The van der Waals surface area contributed by atoms with Gasteiger partial charge in [-0.3, -0.25) is 4.79 Å². The van der Waals surface area contributed by atoms with E-state index in [1.807, 2.05) is 0 Å². The van der Waals surface area contributed by atoms with Gasteiger partial charge in [0.25, 0.3) is 5.91 Å². The molecule has 0 aromatic heterocycles. The number of aliphatic hydroxyl groups is 1. The fourth-order valence-corrected chi connectivity index (χ4v) is 2.24. The van der Waals surface area contributed by atoms with Gasteiger partial charge in [-0.2, -0.15) is 0 Å². The largest absolute Gasteiger partial charge is 0.383 e. The van der Waals surface area contributed by atoms with Crippen molar-refractivity contribution < 1.29 is 14.6 Å². The SMILES string of the molecule is COCCN1CCCC(O)(CNC2CC2)C1=O. The third-order valence-corrected chi connectivity index (χ3v) is 3.53. The van der Waals surface area contributed by atoms with Crippen molar-refractivity contribution in [3.8, 4) is 0 Å². The number of carbonyl (C=O) groups excluding carboxylic acids is 1. The van der Waals surface area contributed by atoms with Gasteiger partial charge in [-0.15, -0.1) is 0 Å². The van der Waals surface area contributed by atoms with Crippen molar-refractivity contribution in [2.45, 2.75) is 37.3 Å². The Morgan fingerprint density at radius 1 is 1.59 bits per heavy atom. The van der Waals surface area contributed by atoms with Crippen LogP contribution in [0.15, 0.2) is 0 Å². The molecule has 98 valence electrons. The molecule has 0 spiro atoms. The van der Waals surface area contributed by atoms with Crippen LogP contribution in [0.2, 0.25) is 0 Å². The Morgan fingerprint density at radius 2 is 2.35 bits per heavy atom. The summed E-state index contributed by atoms with van der Waals surface area (Å²) >= 11 is 0. The minimum absolute atomic E-state index is 0.144. The number of hydrogen-bond donors (Lipinski definition) is 2. The average molecular weight is 242 g/mol. The van der Waals surface area contributed by atoms with Crippen molar-refractivity contribution in [3.05, 3.63) is 0 Å². The number of nitrogens with zero attached hydrogens (tertiary/aromatic N) is 1. The molecule has 17 heavy (non-hydrogen) atoms. The zero-order valence-corrected chi connectivity index (χ0v) is 10.4. The summed E-state index contributed by atoms with van der Waals surface area (Å²) in [5.74, 6) is -0.144. The van der Waals surface area contributed by atoms with Crippen LogP contribution in [0.4, 0.5) is 0 Å². The van der Waals surface area contributed by atoms with Gasteiger partial charge in [0.1, 0.15) is 0 Å². The lowest BCUT2D eigenvalue weighted by atomic mass is 9.91. The molecule has 0 aromatic rings. The molecule has 1 aliphatic heterocycles. The summed E-state index contributed by atoms with van der Waals surface area (Å²) in [4.78, 5) is 13.9. The van der Waals surface area contributed by atoms with Crippen LogP contribution in [0.1, 0.15) is 25.7 Å². The first-order valence-electron chi connectivity index (χ1n) is 6.40. The van der Waals surface area contributed by atoms with Crippen LogP contribution >= 0.6 is 0 Å². The van der Waals surface area contributed by atoms with E-state index in [-0.39, 0.29) is 5.91 Å². The topological polar surface area (TPSA) is 61.8 Å². The van der Waals surface area contributed by atoms with Crippen molar-refractivity contribution in [2.24, 2.45) is 0 Å². The number of methoxy groups -OCH3 is 1. The number of amides is 1. The molecule has 1 saturated heterocycles. The summed E-state index contributed by atoms with van der Waals surface area (Å²) in [5, 5.41) is 13.6. The molecule has 1 atom stereocenters. The second-order valence-corrected chi connectivity index (χ2v) is 5.08. The molecule has 2 N–H and O–H groups in total. The minimum Gasteiger partial charge on any atom is -0.383 e. The molecule has 2 aliphatic rings. The maximum Gasteiger partial charge on any atom is 0.255 e. The predicted molar refractivity (Wildman–Crippen MR) is 63.7 cm³/mol. The number of rotatable bonds is 6. The van der Waals surface area contributed by atoms with Gasteiger partial charge >= 0.3 is 0 Å². The van der Waals surface area contributed by atoms with E-state index in [1.54, 1.807) is 12.0 Å². The van der Waals surface area contributed by atoms with E-state index in [0.717, 1.165) is 25.8 Å². The lowest BCUT2D eigenvalue weighted by Gasteiger charge is -2.38. The van der Waals surface area contributed by atoms with Gasteiger partial charge in [0.2, 0.25) is 0 Å². The monoisotopic (exact) mass is 242 g/mol. The summed E-state index contributed by atoms with van der Waals surface area (Å²) in [6, 6.07) is 0.515. The quantitative estimate of drug-likeness (QED) is 0.673. The maximum atomic E-state index is 12.2. The molecule has 1 saturated carbocycles. The van der Waals surface area contributed by atoms with E-state index >= 15 is 0 Å². The van der Waals surface area contributed by atoms with E-state index in [2.05, 4.69) is 5.32 Å². The van der Waals surface area contributed by atoms with E-state index in [1.165, 1.54) is 0 Å². The van der Waals surface area contributed by atoms with Crippen LogP contribution in [-0.2, 0) is 9.53 Å². The molecule has 0 radical (unpaired) electrons. The number of carbonyl (C=O) groups is 1. The van der Waals surface area contributed by atoms with Gasteiger partial charge in [-0.1, -0.05) is 0 Å². The second kappa shape index (κ2) is 5.33. The van der Waals surface area contributed by atoms with E-state index in [9.17, 15) is 9.90 Å². The third-order valence-electron chi connectivity index (χ3n) is 3.53. The normalized spacial score (nSPS) is 29.8. The second-order valence-electron chi connectivity index (χ2n) is 5.08. The van der Waals surface area contributed by atoms with Crippen molar-refractivity contribution in [2.75, 3.05) is 33.4 Å². The highest BCUT2D eigenvalue weighted by molar-refractivity contribution is 5.86. The van der Waals surface area contributed by atoms with Crippen molar-refractivity contribution in [3.63, 3.8) is 0 Å². The third kappa shape index (κ3) is 3.18. The molecule has 2 fully saturated rings. The maximum absolute atomic E-state index is 12.2. The first-order chi connectivity index (χ1) is 8.15. The Kier molecular flexibility index (Phi) is 4.01. The number of hydrogen-bond acceptors (Lipinski definition) is 4. The Hall–Kier alpha value is -0.650. The van der Waals surface area contributed by atoms with Crippen molar-refractivity contribution >= 4 is 5.91 Å². The number of nitrogens with one attached hydrogen (secondary N) is 1. The Bertz CT molecular complexity index is 281. The fourth-order valence-electron chi connectivity index (χ4n) is 2.24. The van der Waals surface area contributed by atoms with Gasteiger partial charge in [0.05, 0.1) is 6.61 Å². The zero-order chi connectivity index (χ0) is 12.3. The van der Waals surface area contributed by atoms with Gasteiger partial charge in [-0.05, 0) is 25.7 Å². The standard InChI is InChI=1S/C12H22N2O3/c1-17-8-7-14-6-2-5-12(16,11(14)15)9-13-10-3-4-10/h10,13,16H,2-9H2,1H3. The number of piperidine rings is 1. The highest BCUT2D eigenvalue weighted by Gasteiger charge is 2.42. The van der Waals surface area contributed by atoms with Crippen LogP contribution in [0.25, 0.3) is 0 Å². The Balaban J connectivity index is 1.88. The van der Waals surface area contributed by atoms with Crippen LogP contribution < -0.4 is 5.32 Å². The van der Waals surface area contributed by atoms with Crippen LogP contribution in [-0.4, -0.2) is 60.9 Å². The molecule has 0 aromatic carbocycles. The van der Waals surface area contributed by atoms with Gasteiger partial charge < -0.3 is 20.1 Å². The molecule has 5 heteroatoms. The Morgan fingerprint density at radius 3 is 3.00 bits per heavy atom. The van der Waals surface area contributed by atoms with Crippen LogP contribution in [0.5, 0.6) is 0 Å². The molecule has 1 unspecified atom stereocenters. The molecular formula is C12H22N2O3. The molecule has 1 heterocycles. The lowest BCUT2D eigenvalue weighted by Crippen LogP contribution is -2.58. The number of likely N-dealkylation sites (tertiary alicyclic amines) is 1. The van der Waals surface area contributed by atoms with Gasteiger partial charge in [0, 0.05) is 32.8 Å². The molecule has 2 rings (SSSR count). The Labute approximate surface area is 102 Å². The van der Waals surface area contributed by atoms with Crippen LogP contribution in [0.3, 0.4) is 0 Å². The van der Waals surface area contributed by atoms with Gasteiger partial charge in [0.15, 0.2) is 5.60 Å². The number of ether oxygens (including phenoxy) is 1. The van der Waals surface area contributed by atoms with Gasteiger partial charge in [-0.25, -0.2) is 0 Å². The predicted octanol–water partition coefficient (Wildman–Crippen LogP) is -0.262. The summed E-state index contributed by atoms with van der Waals surface area (Å²) in [6.45, 7) is 2.22. The van der Waals surface area contributed by atoms with Crippen LogP contribution in [0, 0.1) is 0 Å². The van der Waals surface area contributed by atoms with E-state index in [4.69, 9.17) is 4.74 Å². The summed E-state index contributed by atoms with van der Waals surface area (Å²) in [6.07, 6.45) is 3.75. The smallest absolute Gasteiger partial charge is 0.255 e. The highest BCUT2D eigenvalue weighted by Crippen LogP contribution is 2.24.